The molecule has 1 heterocycles. The van der Waals surface area contributed by atoms with Crippen LogP contribution in [0.2, 0.25) is 0 Å². The molecule has 8 heteroatoms. The fourth-order valence-corrected chi connectivity index (χ4v) is 5.35. The molecule has 42 heavy (non-hydrogen) atoms. The molecule has 0 saturated heterocycles. The van der Waals surface area contributed by atoms with E-state index < -0.39 is 17.8 Å². The van der Waals surface area contributed by atoms with Crippen LogP contribution in [-0.4, -0.2) is 22.0 Å². The molecular weight excluding hydrogens is 537 g/mol. The number of halogens is 3. The molecule has 1 saturated carbocycles. The molecule has 0 atom stereocenters. The Morgan fingerprint density at radius 2 is 1.43 bits per heavy atom. The zero-order valence-corrected chi connectivity index (χ0v) is 23.4. The van der Waals surface area contributed by atoms with Gasteiger partial charge in [0.15, 0.2) is 0 Å². The van der Waals surface area contributed by atoms with Crippen molar-refractivity contribution in [1.29, 1.82) is 0 Å². The number of urea groups is 1. The van der Waals surface area contributed by atoms with Crippen LogP contribution >= 0.6 is 0 Å². The number of nitrogens with one attached hydrogen (secondary N) is 2. The normalized spacial score (nSPS) is 14.0. The van der Waals surface area contributed by atoms with Crippen LogP contribution in [0.15, 0.2) is 97.3 Å². The van der Waals surface area contributed by atoms with Crippen molar-refractivity contribution in [3.05, 3.63) is 120 Å². The first-order valence-electron chi connectivity index (χ1n) is 14.4. The molecule has 4 aromatic rings. The number of anilines is 1. The van der Waals surface area contributed by atoms with Gasteiger partial charge in [-0.15, -0.1) is 0 Å². The molecule has 3 aromatic carbocycles. The number of pyridine rings is 1. The van der Waals surface area contributed by atoms with E-state index >= 15 is 0 Å². The summed E-state index contributed by atoms with van der Waals surface area (Å²) in [6, 6.07) is 25.0. The maximum absolute atomic E-state index is 13.5. The lowest BCUT2D eigenvalue weighted by atomic mass is 9.95. The summed E-state index contributed by atoms with van der Waals surface area (Å²) in [5.41, 5.74) is 3.86. The maximum atomic E-state index is 13.5. The molecule has 0 bridgehead atoms. The number of para-hydroxylation sites is 1. The van der Waals surface area contributed by atoms with E-state index in [2.05, 4.69) is 39.9 Å². The Bertz CT molecular complexity index is 1430. The van der Waals surface area contributed by atoms with Crippen LogP contribution < -0.4 is 10.6 Å². The molecule has 1 aliphatic carbocycles. The fraction of sp³-hybridized carbons (Fsp3) is 0.294. The van der Waals surface area contributed by atoms with Crippen LogP contribution in [-0.2, 0) is 25.8 Å². The third kappa shape index (κ3) is 7.97. The summed E-state index contributed by atoms with van der Waals surface area (Å²) in [4.78, 5) is 18.9. The van der Waals surface area contributed by atoms with Crippen LogP contribution in [0.1, 0.15) is 54.4 Å². The molecule has 218 valence electrons. The van der Waals surface area contributed by atoms with Crippen LogP contribution in [0.3, 0.4) is 0 Å². The number of alkyl halides is 3. The van der Waals surface area contributed by atoms with Gasteiger partial charge in [-0.3, -0.25) is 4.98 Å². The molecule has 0 unspecified atom stereocenters. The number of benzene rings is 3. The lowest BCUT2D eigenvalue weighted by Gasteiger charge is -2.24. The molecular formula is C34H35F3N4O. The van der Waals surface area contributed by atoms with E-state index in [-0.39, 0.29) is 18.8 Å². The first-order valence-corrected chi connectivity index (χ1v) is 14.4. The van der Waals surface area contributed by atoms with E-state index in [1.807, 2.05) is 30.3 Å². The van der Waals surface area contributed by atoms with E-state index in [1.165, 1.54) is 60.8 Å². The Labute approximate surface area is 244 Å². The van der Waals surface area contributed by atoms with Gasteiger partial charge in [0, 0.05) is 38.1 Å². The zero-order chi connectivity index (χ0) is 29.4. The number of hydrogen-bond donors (Lipinski definition) is 2. The van der Waals surface area contributed by atoms with Gasteiger partial charge in [-0.1, -0.05) is 86.0 Å². The second-order valence-corrected chi connectivity index (χ2v) is 10.8. The first-order chi connectivity index (χ1) is 20.3. The van der Waals surface area contributed by atoms with Crippen molar-refractivity contribution in [1.82, 2.24) is 15.2 Å². The molecule has 1 aliphatic rings. The van der Waals surface area contributed by atoms with Gasteiger partial charge >= 0.3 is 12.2 Å². The highest BCUT2D eigenvalue weighted by molar-refractivity contribution is 5.90. The van der Waals surface area contributed by atoms with Crippen molar-refractivity contribution in [3.63, 3.8) is 0 Å². The van der Waals surface area contributed by atoms with Crippen molar-refractivity contribution >= 4 is 11.7 Å². The monoisotopic (exact) mass is 572 g/mol. The van der Waals surface area contributed by atoms with Gasteiger partial charge < -0.3 is 15.5 Å². The Hall–Kier alpha value is -4.17. The predicted octanol–water partition coefficient (Wildman–Crippen LogP) is 8.42. The number of amides is 2. The lowest BCUT2D eigenvalue weighted by molar-refractivity contribution is -0.136. The summed E-state index contributed by atoms with van der Waals surface area (Å²) in [6.45, 7) is 1.26. The van der Waals surface area contributed by atoms with E-state index in [1.54, 1.807) is 18.5 Å². The van der Waals surface area contributed by atoms with E-state index in [4.69, 9.17) is 0 Å². The summed E-state index contributed by atoms with van der Waals surface area (Å²) in [5, 5.41) is 6.15. The van der Waals surface area contributed by atoms with Gasteiger partial charge in [0.1, 0.15) is 0 Å². The number of carbonyl (C=O) groups excluding carboxylic acids is 1. The fourth-order valence-electron chi connectivity index (χ4n) is 5.35. The van der Waals surface area contributed by atoms with Gasteiger partial charge in [-0.25, -0.2) is 4.79 Å². The molecule has 5 nitrogen and oxygen atoms in total. The highest BCUT2D eigenvalue weighted by atomic mass is 19.4. The van der Waals surface area contributed by atoms with Crippen molar-refractivity contribution in [3.8, 4) is 11.1 Å². The molecule has 0 radical (unpaired) electrons. The summed E-state index contributed by atoms with van der Waals surface area (Å²) >= 11 is 0. The Balaban J connectivity index is 1.26. The van der Waals surface area contributed by atoms with Gasteiger partial charge in [-0.2, -0.15) is 13.2 Å². The number of rotatable bonds is 9. The van der Waals surface area contributed by atoms with Crippen LogP contribution in [0.5, 0.6) is 0 Å². The van der Waals surface area contributed by atoms with Crippen molar-refractivity contribution in [2.75, 3.05) is 5.32 Å². The standard InChI is InChI=1S/C34H35F3N4O/c35-34(36,37)31-10-4-5-11-32(31)40-33(42)41(24-27-7-6-20-38-21-27)23-26-14-18-29(19-15-26)28-16-12-25(13-17-28)22-39-30-8-2-1-3-9-30/h4-7,10-21,30,39H,1-3,8-9,22-24H2,(H,40,42). The molecule has 0 spiro atoms. The highest BCUT2D eigenvalue weighted by Gasteiger charge is 2.34. The summed E-state index contributed by atoms with van der Waals surface area (Å²) in [7, 11) is 0. The number of carbonyl (C=O) groups is 1. The van der Waals surface area contributed by atoms with Crippen molar-refractivity contribution in [2.24, 2.45) is 0 Å². The molecule has 1 aromatic heterocycles. The lowest BCUT2D eigenvalue weighted by Crippen LogP contribution is -2.34. The van der Waals surface area contributed by atoms with Gasteiger partial charge in [0.2, 0.25) is 0 Å². The Morgan fingerprint density at radius 1 is 0.786 bits per heavy atom. The summed E-state index contributed by atoms with van der Waals surface area (Å²) < 4.78 is 40.6. The second kappa shape index (κ2) is 13.7. The zero-order valence-electron chi connectivity index (χ0n) is 23.4. The molecule has 2 N–H and O–H groups in total. The molecule has 2 amide bonds. The second-order valence-electron chi connectivity index (χ2n) is 10.8. The summed E-state index contributed by atoms with van der Waals surface area (Å²) in [6.07, 6.45) is 5.16. The minimum absolute atomic E-state index is 0.186. The molecule has 0 aliphatic heterocycles. The van der Waals surface area contributed by atoms with E-state index in [0.29, 0.717) is 6.04 Å². The SMILES string of the molecule is O=C(Nc1ccccc1C(F)(F)F)N(Cc1ccc(-c2ccc(CNC3CCCCC3)cc2)cc1)Cc1cccnc1. The Morgan fingerprint density at radius 3 is 2.07 bits per heavy atom. The molecule has 5 rings (SSSR count). The first kappa shape index (κ1) is 29.3. The van der Waals surface area contributed by atoms with Gasteiger partial charge in [0.25, 0.3) is 0 Å². The van der Waals surface area contributed by atoms with Crippen molar-refractivity contribution < 1.29 is 18.0 Å². The molecule has 1 fully saturated rings. The predicted molar refractivity (Wildman–Crippen MR) is 160 cm³/mol. The van der Waals surface area contributed by atoms with Crippen LogP contribution in [0.25, 0.3) is 11.1 Å². The largest absolute Gasteiger partial charge is 0.418 e. The van der Waals surface area contributed by atoms with Crippen molar-refractivity contribution in [2.45, 2.75) is 64.0 Å². The third-order valence-corrected chi connectivity index (χ3v) is 7.67. The topological polar surface area (TPSA) is 57.3 Å². The quantitative estimate of drug-likeness (QED) is 0.212. The van der Waals surface area contributed by atoms with E-state index in [9.17, 15) is 18.0 Å². The smallest absolute Gasteiger partial charge is 0.316 e. The Kier molecular flexibility index (Phi) is 9.54. The number of hydrogen-bond acceptors (Lipinski definition) is 3. The number of nitrogens with zero attached hydrogens (tertiary/aromatic N) is 2. The third-order valence-electron chi connectivity index (χ3n) is 7.67. The minimum Gasteiger partial charge on any atom is -0.316 e. The summed E-state index contributed by atoms with van der Waals surface area (Å²) in [5.74, 6) is 0. The van der Waals surface area contributed by atoms with E-state index in [0.717, 1.165) is 34.9 Å². The van der Waals surface area contributed by atoms with Gasteiger partial charge in [-0.05, 0) is 58.9 Å². The van der Waals surface area contributed by atoms with Crippen LogP contribution in [0, 0.1) is 0 Å². The van der Waals surface area contributed by atoms with Gasteiger partial charge in [0.05, 0.1) is 11.3 Å². The minimum atomic E-state index is -4.59. The van der Waals surface area contributed by atoms with Crippen LogP contribution in [0.4, 0.5) is 23.7 Å². The number of aromatic nitrogens is 1. The average molecular weight is 573 g/mol. The maximum Gasteiger partial charge on any atom is 0.418 e. The highest BCUT2D eigenvalue weighted by Crippen LogP contribution is 2.35. The average Bonchev–Trinajstić information content (AvgIpc) is 3.01.